The Kier molecular flexibility index (Phi) is 5.51. The third kappa shape index (κ3) is 4.74. The molecule has 0 N–H and O–H groups in total. The van der Waals surface area contributed by atoms with Crippen LogP contribution in [0.5, 0.6) is 0 Å². The minimum absolute atomic E-state index is 0.219. The second-order valence-electron chi connectivity index (χ2n) is 9.68. The summed E-state index contributed by atoms with van der Waals surface area (Å²) in [6, 6.07) is 1.72. The summed E-state index contributed by atoms with van der Waals surface area (Å²) < 4.78 is 20.4. The van der Waals surface area contributed by atoms with Gasteiger partial charge < -0.3 is 14.2 Å². The van der Waals surface area contributed by atoms with Crippen LogP contribution in [0.15, 0.2) is 6.07 Å². The van der Waals surface area contributed by atoms with Crippen LogP contribution in [-0.4, -0.2) is 56.2 Å². The Balaban J connectivity index is 1.62. The third-order valence-electron chi connectivity index (χ3n) is 6.03. The monoisotopic (exact) mass is 414 g/mol. The lowest BCUT2D eigenvalue weighted by Gasteiger charge is -2.43. The number of nitrogens with zero attached hydrogens (tertiary/aromatic N) is 4. The SMILES string of the molecule is CC1(F)CN(c2cc(Cl)nc(N3CCC(O[Si](C)(C)C(C)(C)C)CC3)n2)C1. The fraction of sp³-hybridized carbons (Fsp3) is 0.789. The van der Waals surface area contributed by atoms with E-state index in [9.17, 15) is 4.39 Å². The molecule has 0 aliphatic carbocycles. The average Bonchev–Trinajstić information content (AvgIpc) is 2.51. The van der Waals surface area contributed by atoms with E-state index in [1.54, 1.807) is 13.0 Å². The molecule has 2 aliphatic heterocycles. The van der Waals surface area contributed by atoms with Gasteiger partial charge in [0.15, 0.2) is 8.32 Å². The van der Waals surface area contributed by atoms with Gasteiger partial charge in [-0.3, -0.25) is 0 Å². The van der Waals surface area contributed by atoms with E-state index in [0.717, 1.165) is 25.9 Å². The van der Waals surface area contributed by atoms with E-state index in [4.69, 9.17) is 16.0 Å². The van der Waals surface area contributed by atoms with E-state index < -0.39 is 14.0 Å². The van der Waals surface area contributed by atoms with Crippen molar-refractivity contribution < 1.29 is 8.82 Å². The molecule has 27 heavy (non-hydrogen) atoms. The van der Waals surface area contributed by atoms with Crippen molar-refractivity contribution in [2.24, 2.45) is 0 Å². The molecule has 152 valence electrons. The molecule has 0 unspecified atom stereocenters. The van der Waals surface area contributed by atoms with E-state index in [-0.39, 0.29) is 5.04 Å². The maximum Gasteiger partial charge on any atom is 0.228 e. The molecule has 5 nitrogen and oxygen atoms in total. The molecule has 0 radical (unpaired) electrons. The number of piperidine rings is 1. The number of aromatic nitrogens is 2. The fourth-order valence-corrected chi connectivity index (χ4v) is 4.97. The van der Waals surface area contributed by atoms with E-state index in [0.29, 0.717) is 36.1 Å². The lowest BCUT2D eigenvalue weighted by Crippen LogP contribution is -2.57. The number of anilines is 2. The number of hydrogen-bond acceptors (Lipinski definition) is 5. The molecular formula is C19H32ClFN4OSi. The van der Waals surface area contributed by atoms with Crippen LogP contribution in [0.25, 0.3) is 0 Å². The van der Waals surface area contributed by atoms with Crippen molar-refractivity contribution in [3.05, 3.63) is 11.2 Å². The fourth-order valence-electron chi connectivity index (χ4n) is 3.38. The summed E-state index contributed by atoms with van der Waals surface area (Å²) in [5, 5.41) is 0.624. The molecule has 8 heteroatoms. The van der Waals surface area contributed by atoms with Gasteiger partial charge in [0, 0.05) is 25.3 Å². The van der Waals surface area contributed by atoms with Gasteiger partial charge >= 0.3 is 0 Å². The highest BCUT2D eigenvalue weighted by molar-refractivity contribution is 6.74. The molecule has 1 aromatic heterocycles. The van der Waals surface area contributed by atoms with Crippen molar-refractivity contribution in [1.82, 2.24) is 9.97 Å². The predicted molar refractivity (Wildman–Crippen MR) is 112 cm³/mol. The first-order valence-electron chi connectivity index (χ1n) is 9.78. The summed E-state index contributed by atoms with van der Waals surface area (Å²) >= 11 is 6.21. The highest BCUT2D eigenvalue weighted by atomic mass is 35.5. The van der Waals surface area contributed by atoms with Gasteiger partial charge in [-0.1, -0.05) is 32.4 Å². The summed E-state index contributed by atoms with van der Waals surface area (Å²) in [6.45, 7) is 15.4. The Morgan fingerprint density at radius 3 is 2.30 bits per heavy atom. The zero-order valence-corrected chi connectivity index (χ0v) is 19.1. The Morgan fingerprint density at radius 2 is 1.78 bits per heavy atom. The zero-order valence-electron chi connectivity index (χ0n) is 17.4. The van der Waals surface area contributed by atoms with Crippen LogP contribution in [0.2, 0.25) is 23.3 Å². The Morgan fingerprint density at radius 1 is 1.19 bits per heavy atom. The number of rotatable bonds is 4. The second-order valence-corrected chi connectivity index (χ2v) is 14.8. The van der Waals surface area contributed by atoms with Gasteiger partial charge in [0.1, 0.15) is 16.6 Å². The van der Waals surface area contributed by atoms with Crippen LogP contribution in [0.4, 0.5) is 16.2 Å². The molecule has 2 aliphatic rings. The number of halogens is 2. The van der Waals surface area contributed by atoms with Crippen molar-refractivity contribution >= 4 is 31.7 Å². The topological polar surface area (TPSA) is 41.5 Å². The van der Waals surface area contributed by atoms with E-state index in [1.165, 1.54) is 0 Å². The quantitative estimate of drug-likeness (QED) is 0.529. The standard InChI is InChI=1S/C19H32ClFN4OSi/c1-18(2,3)27(5,6)26-14-7-9-24(10-8-14)17-22-15(20)11-16(23-17)25-12-19(4,21)13-25/h11,14H,7-10,12-13H2,1-6H3. The first-order chi connectivity index (χ1) is 12.4. The first kappa shape index (κ1) is 20.8. The molecule has 0 atom stereocenters. The van der Waals surface area contributed by atoms with Crippen LogP contribution in [-0.2, 0) is 4.43 Å². The summed E-state index contributed by atoms with van der Waals surface area (Å²) in [6.07, 6.45) is 2.22. The molecule has 3 rings (SSSR count). The highest BCUT2D eigenvalue weighted by Crippen LogP contribution is 2.38. The third-order valence-corrected chi connectivity index (χ3v) is 10.8. The largest absolute Gasteiger partial charge is 0.414 e. The van der Waals surface area contributed by atoms with E-state index >= 15 is 0 Å². The Labute approximate surface area is 168 Å². The van der Waals surface area contributed by atoms with Crippen molar-refractivity contribution in [3.63, 3.8) is 0 Å². The predicted octanol–water partition coefficient (Wildman–Crippen LogP) is 4.67. The van der Waals surface area contributed by atoms with Crippen molar-refractivity contribution in [2.75, 3.05) is 36.0 Å². The van der Waals surface area contributed by atoms with Gasteiger partial charge in [0.2, 0.25) is 5.95 Å². The van der Waals surface area contributed by atoms with Crippen molar-refractivity contribution in [2.45, 2.75) is 70.4 Å². The van der Waals surface area contributed by atoms with Gasteiger partial charge in [-0.2, -0.15) is 4.98 Å². The summed E-state index contributed by atoms with van der Waals surface area (Å²) in [5.74, 6) is 1.34. The Hall–Kier alpha value is -0.923. The highest BCUT2D eigenvalue weighted by Gasteiger charge is 2.41. The van der Waals surface area contributed by atoms with Gasteiger partial charge in [-0.25, -0.2) is 9.37 Å². The Bertz CT molecular complexity index is 679. The molecule has 0 bridgehead atoms. The van der Waals surface area contributed by atoms with Gasteiger partial charge in [-0.15, -0.1) is 0 Å². The van der Waals surface area contributed by atoms with Crippen LogP contribution in [0.3, 0.4) is 0 Å². The summed E-state index contributed by atoms with van der Waals surface area (Å²) in [4.78, 5) is 13.1. The lowest BCUT2D eigenvalue weighted by atomic mass is 9.99. The van der Waals surface area contributed by atoms with Crippen LogP contribution >= 0.6 is 11.6 Å². The zero-order chi connectivity index (χ0) is 20.0. The van der Waals surface area contributed by atoms with Crippen LogP contribution in [0.1, 0.15) is 40.5 Å². The van der Waals surface area contributed by atoms with E-state index in [1.807, 2.05) is 4.90 Å². The maximum absolute atomic E-state index is 13.8. The molecule has 0 spiro atoms. The minimum Gasteiger partial charge on any atom is -0.414 e. The second kappa shape index (κ2) is 7.15. The lowest BCUT2D eigenvalue weighted by molar-refractivity contribution is 0.143. The molecule has 1 aromatic rings. The smallest absolute Gasteiger partial charge is 0.228 e. The normalized spacial score (nSPS) is 21.3. The molecular weight excluding hydrogens is 383 g/mol. The van der Waals surface area contributed by atoms with Crippen molar-refractivity contribution in [3.8, 4) is 0 Å². The molecule has 0 aromatic carbocycles. The molecule has 0 saturated carbocycles. The molecule has 3 heterocycles. The summed E-state index contributed by atoms with van der Waals surface area (Å²) in [5.41, 5.74) is -1.14. The van der Waals surface area contributed by atoms with E-state index in [2.05, 4.69) is 48.7 Å². The molecule has 2 saturated heterocycles. The number of hydrogen-bond donors (Lipinski definition) is 0. The van der Waals surface area contributed by atoms with Gasteiger partial charge in [0.25, 0.3) is 0 Å². The van der Waals surface area contributed by atoms with Gasteiger partial charge in [0.05, 0.1) is 13.1 Å². The van der Waals surface area contributed by atoms with Gasteiger partial charge in [-0.05, 0) is 37.9 Å². The summed E-state index contributed by atoms with van der Waals surface area (Å²) in [7, 11) is -1.75. The number of alkyl halides is 1. The average molecular weight is 415 g/mol. The molecule has 0 amide bonds. The van der Waals surface area contributed by atoms with Crippen LogP contribution in [0, 0.1) is 0 Å². The first-order valence-corrected chi connectivity index (χ1v) is 13.1. The van der Waals surface area contributed by atoms with Crippen molar-refractivity contribution in [1.29, 1.82) is 0 Å². The molecule has 2 fully saturated rings. The van der Waals surface area contributed by atoms with Crippen LogP contribution < -0.4 is 9.80 Å². The maximum atomic E-state index is 13.8. The minimum atomic E-state index is -1.75.